The topological polar surface area (TPSA) is 41.8 Å². The van der Waals surface area contributed by atoms with E-state index in [2.05, 4.69) is 20.9 Å². The molecule has 0 radical (unpaired) electrons. The molecule has 2 rings (SSSR count). The number of aryl methyl sites for hydroxylation is 1. The fourth-order valence-electron chi connectivity index (χ4n) is 1.71. The third-order valence-electron chi connectivity index (χ3n) is 2.80. The van der Waals surface area contributed by atoms with Crippen LogP contribution in [0.2, 0.25) is 5.02 Å². The number of phenolic OH excluding ortho intramolecular Hbond substituents is 1. The summed E-state index contributed by atoms with van der Waals surface area (Å²) < 4.78 is 5.90. The molecule has 5 heteroatoms. The third-order valence-corrected chi connectivity index (χ3v) is 3.50. The van der Waals surface area contributed by atoms with Crippen molar-refractivity contribution in [3.05, 3.63) is 51.0 Å². The molecular weight excluding hydrogens is 342 g/mol. The molecule has 0 aliphatic carbocycles. The predicted molar refractivity (Wildman–Crippen MR) is 85.8 cm³/mol. The first-order valence-electron chi connectivity index (χ1n) is 5.88. The second-order valence-electron chi connectivity index (χ2n) is 4.23. The van der Waals surface area contributed by atoms with Crippen molar-refractivity contribution < 1.29 is 9.84 Å². The number of hydrogen-bond donors (Lipinski definition) is 1. The van der Waals surface area contributed by atoms with Crippen LogP contribution in [0.25, 0.3) is 0 Å². The summed E-state index contributed by atoms with van der Waals surface area (Å²) in [5, 5.41) is 10.7. The van der Waals surface area contributed by atoms with Crippen LogP contribution in [0.15, 0.2) is 39.8 Å². The molecule has 0 amide bonds. The Morgan fingerprint density at radius 1 is 1.30 bits per heavy atom. The van der Waals surface area contributed by atoms with E-state index in [0.29, 0.717) is 16.3 Å². The maximum Gasteiger partial charge on any atom is 0.166 e. The molecule has 0 spiro atoms. The monoisotopic (exact) mass is 353 g/mol. The minimum atomic E-state index is 0.0548. The summed E-state index contributed by atoms with van der Waals surface area (Å²) in [6.45, 7) is 1.95. The number of benzene rings is 2. The summed E-state index contributed by atoms with van der Waals surface area (Å²) in [6, 6.07) is 8.95. The van der Waals surface area contributed by atoms with Gasteiger partial charge in [0.05, 0.1) is 12.8 Å². The maximum absolute atomic E-state index is 10.1. The van der Waals surface area contributed by atoms with Crippen molar-refractivity contribution >= 4 is 39.4 Å². The lowest BCUT2D eigenvalue weighted by molar-refractivity contribution is 0.373. The van der Waals surface area contributed by atoms with Crippen molar-refractivity contribution in [3.8, 4) is 11.5 Å². The van der Waals surface area contributed by atoms with Crippen molar-refractivity contribution in [1.82, 2.24) is 0 Å². The Morgan fingerprint density at radius 3 is 2.75 bits per heavy atom. The SMILES string of the molecule is COc1cc(Br)cc(C=Nc2cc(Cl)ccc2C)c1O. The average molecular weight is 355 g/mol. The number of methoxy groups -OCH3 is 1. The lowest BCUT2D eigenvalue weighted by Gasteiger charge is -2.07. The summed E-state index contributed by atoms with van der Waals surface area (Å²) in [4.78, 5) is 4.37. The van der Waals surface area contributed by atoms with Crippen LogP contribution in [0.5, 0.6) is 11.5 Å². The minimum Gasteiger partial charge on any atom is -0.504 e. The Balaban J connectivity index is 2.41. The van der Waals surface area contributed by atoms with E-state index in [9.17, 15) is 5.11 Å². The van der Waals surface area contributed by atoms with Gasteiger partial charge in [0, 0.05) is 21.3 Å². The van der Waals surface area contributed by atoms with Crippen LogP contribution in [-0.2, 0) is 0 Å². The van der Waals surface area contributed by atoms with Crippen molar-refractivity contribution in [2.75, 3.05) is 7.11 Å². The largest absolute Gasteiger partial charge is 0.504 e. The van der Waals surface area contributed by atoms with E-state index >= 15 is 0 Å². The molecule has 0 aliphatic rings. The van der Waals surface area contributed by atoms with Crippen molar-refractivity contribution in [2.24, 2.45) is 4.99 Å². The van der Waals surface area contributed by atoms with Gasteiger partial charge in [-0.05, 0) is 36.8 Å². The summed E-state index contributed by atoms with van der Waals surface area (Å²) in [6.07, 6.45) is 1.58. The van der Waals surface area contributed by atoms with Gasteiger partial charge in [-0.1, -0.05) is 33.6 Å². The van der Waals surface area contributed by atoms with Gasteiger partial charge < -0.3 is 9.84 Å². The number of halogens is 2. The smallest absolute Gasteiger partial charge is 0.166 e. The molecule has 0 aromatic heterocycles. The second kappa shape index (κ2) is 6.29. The van der Waals surface area contributed by atoms with Gasteiger partial charge in [-0.25, -0.2) is 0 Å². The average Bonchev–Trinajstić information content (AvgIpc) is 2.42. The van der Waals surface area contributed by atoms with Gasteiger partial charge in [-0.15, -0.1) is 0 Å². The van der Waals surface area contributed by atoms with Crippen LogP contribution in [0, 0.1) is 6.92 Å². The number of phenols is 1. The Bertz CT molecular complexity index is 671. The molecule has 0 fully saturated rings. The predicted octanol–water partition coefficient (Wildman–Crippen LogP) is 4.88. The number of aliphatic imine (C=N–C) groups is 1. The van der Waals surface area contributed by atoms with E-state index < -0.39 is 0 Å². The molecular formula is C15H13BrClNO2. The molecule has 2 aromatic carbocycles. The van der Waals surface area contributed by atoms with Crippen molar-refractivity contribution in [1.29, 1.82) is 0 Å². The minimum absolute atomic E-state index is 0.0548. The third kappa shape index (κ3) is 3.32. The molecule has 0 atom stereocenters. The van der Waals surface area contributed by atoms with E-state index in [-0.39, 0.29) is 5.75 Å². The summed E-state index contributed by atoms with van der Waals surface area (Å²) in [5.41, 5.74) is 2.33. The fraction of sp³-hybridized carbons (Fsp3) is 0.133. The standard InChI is InChI=1S/C15H13BrClNO2/c1-9-3-4-12(17)7-13(9)18-8-10-5-11(16)6-14(20-2)15(10)19/h3-8,19H,1-2H3. The van der Waals surface area contributed by atoms with E-state index in [1.54, 1.807) is 24.4 Å². The molecule has 0 bridgehead atoms. The van der Waals surface area contributed by atoms with Gasteiger partial charge in [-0.2, -0.15) is 0 Å². The molecule has 1 N–H and O–H groups in total. The van der Waals surface area contributed by atoms with Crippen LogP contribution in [-0.4, -0.2) is 18.4 Å². The van der Waals surface area contributed by atoms with E-state index in [1.165, 1.54) is 7.11 Å². The lowest BCUT2D eigenvalue weighted by Crippen LogP contribution is -1.89. The first kappa shape index (κ1) is 14.9. The highest BCUT2D eigenvalue weighted by Crippen LogP contribution is 2.33. The van der Waals surface area contributed by atoms with E-state index in [1.807, 2.05) is 19.1 Å². The fourth-order valence-corrected chi connectivity index (χ4v) is 2.33. The number of hydrogen-bond acceptors (Lipinski definition) is 3. The van der Waals surface area contributed by atoms with Crippen LogP contribution < -0.4 is 4.74 Å². The van der Waals surface area contributed by atoms with Crippen LogP contribution >= 0.6 is 27.5 Å². The zero-order valence-corrected chi connectivity index (χ0v) is 13.4. The quantitative estimate of drug-likeness (QED) is 0.799. The highest BCUT2D eigenvalue weighted by molar-refractivity contribution is 9.10. The molecule has 0 aliphatic heterocycles. The van der Waals surface area contributed by atoms with Crippen molar-refractivity contribution in [2.45, 2.75) is 6.92 Å². The summed E-state index contributed by atoms with van der Waals surface area (Å²) >= 11 is 9.32. The zero-order chi connectivity index (χ0) is 14.7. The Labute approximate surface area is 131 Å². The van der Waals surface area contributed by atoms with Gasteiger partial charge in [0.2, 0.25) is 0 Å². The molecule has 2 aromatic rings. The molecule has 104 valence electrons. The number of ether oxygens (including phenoxy) is 1. The molecule has 0 heterocycles. The molecule has 0 saturated carbocycles. The highest BCUT2D eigenvalue weighted by atomic mass is 79.9. The second-order valence-corrected chi connectivity index (χ2v) is 5.59. The Morgan fingerprint density at radius 2 is 2.05 bits per heavy atom. The summed E-state index contributed by atoms with van der Waals surface area (Å²) in [5.74, 6) is 0.447. The molecule has 20 heavy (non-hydrogen) atoms. The van der Waals surface area contributed by atoms with Crippen LogP contribution in [0.1, 0.15) is 11.1 Å². The molecule has 0 unspecified atom stereocenters. The van der Waals surface area contributed by atoms with Crippen LogP contribution in [0.4, 0.5) is 5.69 Å². The Hall–Kier alpha value is -1.52. The van der Waals surface area contributed by atoms with Gasteiger partial charge in [0.25, 0.3) is 0 Å². The molecule has 3 nitrogen and oxygen atoms in total. The first-order valence-corrected chi connectivity index (χ1v) is 7.05. The normalized spacial score (nSPS) is 11.0. The van der Waals surface area contributed by atoms with E-state index in [0.717, 1.165) is 15.7 Å². The van der Waals surface area contributed by atoms with E-state index in [4.69, 9.17) is 16.3 Å². The highest BCUT2D eigenvalue weighted by Gasteiger charge is 2.08. The Kier molecular flexibility index (Phi) is 4.68. The lowest BCUT2D eigenvalue weighted by atomic mass is 10.2. The van der Waals surface area contributed by atoms with Gasteiger partial charge in [0.15, 0.2) is 11.5 Å². The van der Waals surface area contributed by atoms with Crippen molar-refractivity contribution in [3.63, 3.8) is 0 Å². The van der Waals surface area contributed by atoms with Crippen LogP contribution in [0.3, 0.4) is 0 Å². The zero-order valence-electron chi connectivity index (χ0n) is 11.0. The number of rotatable bonds is 3. The first-order chi connectivity index (χ1) is 9.51. The van der Waals surface area contributed by atoms with Gasteiger partial charge in [0.1, 0.15) is 0 Å². The number of aromatic hydroxyl groups is 1. The van der Waals surface area contributed by atoms with Gasteiger partial charge >= 0.3 is 0 Å². The molecule has 0 saturated heterocycles. The summed E-state index contributed by atoms with van der Waals surface area (Å²) in [7, 11) is 1.50. The maximum atomic E-state index is 10.1. The number of nitrogens with zero attached hydrogens (tertiary/aromatic N) is 1. The van der Waals surface area contributed by atoms with Gasteiger partial charge in [-0.3, -0.25) is 4.99 Å².